The molecule has 0 spiro atoms. The van der Waals surface area contributed by atoms with Gasteiger partial charge in [-0.2, -0.15) is 0 Å². The third kappa shape index (κ3) is 4.85. The molecule has 1 rings (SSSR count). The van der Waals surface area contributed by atoms with Crippen molar-refractivity contribution >= 4 is 5.84 Å². The fourth-order valence-electron chi connectivity index (χ4n) is 1.84. The number of rotatable bonds is 8. The van der Waals surface area contributed by atoms with Gasteiger partial charge in [-0.25, -0.2) is 0 Å². The highest BCUT2D eigenvalue weighted by molar-refractivity contribution is 5.84. The van der Waals surface area contributed by atoms with Crippen molar-refractivity contribution in [2.75, 3.05) is 33.4 Å². The molecule has 1 aromatic rings. The van der Waals surface area contributed by atoms with Gasteiger partial charge in [-0.1, -0.05) is 30.3 Å². The largest absolute Gasteiger partial charge is 0.387 e. The molecule has 0 bridgehead atoms. The fraction of sp³-hybridized carbons (Fsp3) is 0.500. The summed E-state index contributed by atoms with van der Waals surface area (Å²) in [6.45, 7) is 5.04. The van der Waals surface area contributed by atoms with Crippen molar-refractivity contribution in [1.29, 1.82) is 5.41 Å². The van der Waals surface area contributed by atoms with Crippen LogP contribution in [0.5, 0.6) is 0 Å². The Kier molecular flexibility index (Phi) is 6.39. The summed E-state index contributed by atoms with van der Waals surface area (Å²) in [6.07, 6.45) is 0. The number of hydrogen-bond acceptors (Lipinski definition) is 3. The fourth-order valence-corrected chi connectivity index (χ4v) is 1.84. The van der Waals surface area contributed by atoms with Crippen molar-refractivity contribution in [1.82, 2.24) is 4.90 Å². The van der Waals surface area contributed by atoms with E-state index in [1.807, 2.05) is 44.3 Å². The van der Waals surface area contributed by atoms with E-state index in [-0.39, 0.29) is 11.8 Å². The molecular weight excluding hydrogens is 226 g/mol. The first kappa shape index (κ1) is 14.7. The number of likely N-dealkylation sites (N-methyl/N-ethyl adjacent to an activating group) is 1. The minimum absolute atomic E-state index is 0.0437. The summed E-state index contributed by atoms with van der Waals surface area (Å²) in [5.74, 6) is 0.169. The van der Waals surface area contributed by atoms with Crippen LogP contribution in [0.15, 0.2) is 30.3 Å². The molecule has 0 aliphatic carbocycles. The minimum atomic E-state index is -0.0437. The van der Waals surface area contributed by atoms with Gasteiger partial charge in [0.1, 0.15) is 0 Å². The second-order valence-corrected chi connectivity index (χ2v) is 4.38. The Balaban J connectivity index is 2.56. The predicted molar refractivity (Wildman–Crippen MR) is 75.1 cm³/mol. The monoisotopic (exact) mass is 249 g/mol. The van der Waals surface area contributed by atoms with Gasteiger partial charge in [-0.05, 0) is 19.5 Å². The lowest BCUT2D eigenvalue weighted by molar-refractivity contribution is 0.122. The molecule has 0 heterocycles. The molecule has 0 saturated heterocycles. The van der Waals surface area contributed by atoms with Gasteiger partial charge < -0.3 is 15.4 Å². The molecule has 1 unspecified atom stereocenters. The number of amidine groups is 1. The Morgan fingerprint density at radius 1 is 1.39 bits per heavy atom. The van der Waals surface area contributed by atoms with E-state index in [0.717, 1.165) is 25.3 Å². The first-order valence-electron chi connectivity index (χ1n) is 6.30. The summed E-state index contributed by atoms with van der Waals surface area (Å²) in [6, 6.07) is 9.96. The van der Waals surface area contributed by atoms with Crippen molar-refractivity contribution in [2.45, 2.75) is 12.8 Å². The van der Waals surface area contributed by atoms with Crippen molar-refractivity contribution in [3.05, 3.63) is 35.9 Å². The second-order valence-electron chi connectivity index (χ2n) is 4.38. The third-order valence-corrected chi connectivity index (χ3v) is 2.89. The SMILES string of the molecule is CCOCCN(C)CC(C(=N)N)c1ccccc1. The molecule has 3 N–H and O–H groups in total. The van der Waals surface area contributed by atoms with Crippen molar-refractivity contribution in [2.24, 2.45) is 5.73 Å². The molecule has 0 aliphatic rings. The van der Waals surface area contributed by atoms with Crippen LogP contribution in [0.1, 0.15) is 18.4 Å². The summed E-state index contributed by atoms with van der Waals surface area (Å²) >= 11 is 0. The molecule has 0 fully saturated rings. The van der Waals surface area contributed by atoms with Crippen molar-refractivity contribution < 1.29 is 4.74 Å². The zero-order valence-electron chi connectivity index (χ0n) is 11.2. The summed E-state index contributed by atoms with van der Waals surface area (Å²) in [5, 5.41) is 7.72. The van der Waals surface area contributed by atoms with E-state index in [9.17, 15) is 0 Å². The first-order valence-corrected chi connectivity index (χ1v) is 6.30. The maximum atomic E-state index is 7.72. The average Bonchev–Trinajstić information content (AvgIpc) is 2.37. The van der Waals surface area contributed by atoms with Crippen LogP contribution >= 0.6 is 0 Å². The van der Waals surface area contributed by atoms with E-state index in [2.05, 4.69) is 4.90 Å². The lowest BCUT2D eigenvalue weighted by atomic mass is 9.97. The number of nitrogens with zero attached hydrogens (tertiary/aromatic N) is 1. The van der Waals surface area contributed by atoms with Crippen LogP contribution in [0.3, 0.4) is 0 Å². The second kappa shape index (κ2) is 7.84. The Labute approximate surface area is 109 Å². The van der Waals surface area contributed by atoms with Crippen LogP contribution < -0.4 is 5.73 Å². The lowest BCUT2D eigenvalue weighted by Gasteiger charge is -2.23. The van der Waals surface area contributed by atoms with E-state index in [0.29, 0.717) is 6.61 Å². The first-order chi connectivity index (χ1) is 8.65. The highest BCUT2D eigenvalue weighted by atomic mass is 16.5. The summed E-state index contributed by atoms with van der Waals surface area (Å²) in [4.78, 5) is 2.15. The Morgan fingerprint density at radius 3 is 2.61 bits per heavy atom. The molecule has 1 aromatic carbocycles. The zero-order chi connectivity index (χ0) is 13.4. The molecule has 4 heteroatoms. The minimum Gasteiger partial charge on any atom is -0.387 e. The van der Waals surface area contributed by atoms with Gasteiger partial charge in [0, 0.05) is 19.7 Å². The quantitative estimate of drug-likeness (QED) is 0.418. The average molecular weight is 249 g/mol. The molecule has 0 aromatic heterocycles. The molecule has 100 valence electrons. The van der Waals surface area contributed by atoms with Crippen LogP contribution in [-0.4, -0.2) is 44.1 Å². The van der Waals surface area contributed by atoms with E-state index in [1.165, 1.54) is 0 Å². The van der Waals surface area contributed by atoms with Gasteiger partial charge in [-0.3, -0.25) is 5.41 Å². The molecule has 0 radical (unpaired) electrons. The summed E-state index contributed by atoms with van der Waals surface area (Å²) in [5.41, 5.74) is 6.79. The maximum absolute atomic E-state index is 7.72. The molecule has 0 aliphatic heterocycles. The highest BCUT2D eigenvalue weighted by Crippen LogP contribution is 2.16. The molecule has 0 amide bonds. The van der Waals surface area contributed by atoms with Crippen molar-refractivity contribution in [3.8, 4) is 0 Å². The van der Waals surface area contributed by atoms with Crippen LogP contribution in [-0.2, 0) is 4.74 Å². The Morgan fingerprint density at radius 2 is 2.06 bits per heavy atom. The van der Waals surface area contributed by atoms with Gasteiger partial charge >= 0.3 is 0 Å². The van der Waals surface area contributed by atoms with Gasteiger partial charge in [-0.15, -0.1) is 0 Å². The van der Waals surface area contributed by atoms with Crippen LogP contribution in [0.25, 0.3) is 0 Å². The van der Waals surface area contributed by atoms with Gasteiger partial charge in [0.2, 0.25) is 0 Å². The van der Waals surface area contributed by atoms with E-state index in [4.69, 9.17) is 15.9 Å². The number of nitrogens with two attached hydrogens (primary N) is 1. The zero-order valence-corrected chi connectivity index (χ0v) is 11.2. The van der Waals surface area contributed by atoms with Crippen molar-refractivity contribution in [3.63, 3.8) is 0 Å². The lowest BCUT2D eigenvalue weighted by Crippen LogP contribution is -2.34. The molecule has 4 nitrogen and oxygen atoms in total. The van der Waals surface area contributed by atoms with E-state index < -0.39 is 0 Å². The molecular formula is C14H23N3O. The number of nitrogens with one attached hydrogen (secondary N) is 1. The topological polar surface area (TPSA) is 62.3 Å². The van der Waals surface area contributed by atoms with Gasteiger partial charge in [0.05, 0.1) is 18.4 Å². The third-order valence-electron chi connectivity index (χ3n) is 2.89. The van der Waals surface area contributed by atoms with Crippen LogP contribution in [0, 0.1) is 5.41 Å². The molecule has 0 saturated carbocycles. The Hall–Kier alpha value is -1.39. The van der Waals surface area contributed by atoms with E-state index >= 15 is 0 Å². The predicted octanol–water partition coefficient (Wildman–Crippen LogP) is 1.67. The van der Waals surface area contributed by atoms with Gasteiger partial charge in [0.25, 0.3) is 0 Å². The number of ether oxygens (including phenoxy) is 1. The summed E-state index contributed by atoms with van der Waals surface area (Å²) in [7, 11) is 2.03. The van der Waals surface area contributed by atoms with Gasteiger partial charge in [0.15, 0.2) is 0 Å². The van der Waals surface area contributed by atoms with Crippen LogP contribution in [0.4, 0.5) is 0 Å². The highest BCUT2D eigenvalue weighted by Gasteiger charge is 2.16. The maximum Gasteiger partial charge on any atom is 0.0995 e. The Bertz CT molecular complexity index is 353. The number of hydrogen-bond donors (Lipinski definition) is 2. The van der Waals surface area contributed by atoms with Crippen LogP contribution in [0.2, 0.25) is 0 Å². The normalized spacial score (nSPS) is 12.6. The molecule has 1 atom stereocenters. The summed E-state index contributed by atoms with van der Waals surface area (Å²) < 4.78 is 5.33. The smallest absolute Gasteiger partial charge is 0.0995 e. The number of benzene rings is 1. The van der Waals surface area contributed by atoms with E-state index in [1.54, 1.807) is 0 Å². The molecule has 18 heavy (non-hydrogen) atoms. The standard InChI is InChI=1S/C14H23N3O/c1-3-18-10-9-17(2)11-13(14(15)16)12-7-5-4-6-8-12/h4-8,13H,3,9-11H2,1-2H3,(H3,15,16).